The summed E-state index contributed by atoms with van der Waals surface area (Å²) in [6, 6.07) is 15.0. The molecular formula is C28H28N6O2S. The fourth-order valence-electron chi connectivity index (χ4n) is 4.34. The Balaban J connectivity index is 1.30. The number of rotatable bonds is 6. The summed E-state index contributed by atoms with van der Waals surface area (Å²) >= 11 is 1.62. The highest BCUT2D eigenvalue weighted by atomic mass is 32.1. The minimum Gasteiger partial charge on any atom is -0.383 e. The van der Waals surface area contributed by atoms with E-state index in [4.69, 9.17) is 5.73 Å². The van der Waals surface area contributed by atoms with E-state index in [1.807, 2.05) is 61.5 Å². The average molecular weight is 513 g/mol. The summed E-state index contributed by atoms with van der Waals surface area (Å²) in [5.41, 5.74) is 11.8. The van der Waals surface area contributed by atoms with Crippen molar-refractivity contribution < 1.29 is 9.59 Å². The number of aromatic nitrogens is 1. The number of hydrogen-bond acceptors (Lipinski definition) is 6. The van der Waals surface area contributed by atoms with Gasteiger partial charge < -0.3 is 21.7 Å². The normalized spacial score (nSPS) is 14.1. The van der Waals surface area contributed by atoms with Gasteiger partial charge in [0.25, 0.3) is 0 Å². The monoisotopic (exact) mass is 512 g/mol. The second-order valence-electron chi connectivity index (χ2n) is 8.97. The molecular weight excluding hydrogens is 484 g/mol. The van der Waals surface area contributed by atoms with Crippen molar-refractivity contribution in [2.75, 3.05) is 42.5 Å². The number of carbonyl (C=O) groups excluding carboxylic acids is 2. The number of hydrogen-bond donors (Lipinski definition) is 4. The van der Waals surface area contributed by atoms with Crippen LogP contribution in [0.3, 0.4) is 0 Å². The number of anilines is 3. The number of thiophene rings is 1. The number of urea groups is 1. The minimum absolute atomic E-state index is 0.0622. The third kappa shape index (κ3) is 5.79. The second-order valence-corrected chi connectivity index (χ2v) is 9.85. The van der Waals surface area contributed by atoms with Crippen LogP contribution < -0.4 is 21.7 Å². The Morgan fingerprint density at radius 3 is 2.78 bits per heavy atom. The number of nitrogens with zero attached hydrogens (tertiary/aromatic N) is 2. The number of benzene rings is 2. The Bertz CT molecular complexity index is 1480. The lowest BCUT2D eigenvalue weighted by Crippen LogP contribution is -2.47. The van der Waals surface area contributed by atoms with Gasteiger partial charge in [0, 0.05) is 58.4 Å². The molecule has 2 aromatic carbocycles. The van der Waals surface area contributed by atoms with Crippen molar-refractivity contribution in [3.05, 3.63) is 77.3 Å². The maximum Gasteiger partial charge on any atom is 0.323 e. The van der Waals surface area contributed by atoms with Crippen LogP contribution in [-0.2, 0) is 4.79 Å². The Labute approximate surface area is 219 Å². The lowest BCUT2D eigenvalue weighted by atomic mass is 10.0. The van der Waals surface area contributed by atoms with Crippen LogP contribution in [-0.4, -0.2) is 48.0 Å². The molecule has 188 valence electrons. The van der Waals surface area contributed by atoms with Gasteiger partial charge in [-0.3, -0.25) is 9.69 Å². The maximum absolute atomic E-state index is 12.4. The van der Waals surface area contributed by atoms with Gasteiger partial charge in [-0.1, -0.05) is 36.4 Å². The summed E-state index contributed by atoms with van der Waals surface area (Å²) in [4.78, 5) is 30.5. The molecule has 3 heterocycles. The largest absolute Gasteiger partial charge is 0.383 e. The summed E-state index contributed by atoms with van der Waals surface area (Å²) in [5, 5.41) is 11.6. The first-order valence-electron chi connectivity index (χ1n) is 12.0. The number of carbonyl (C=O) groups is 2. The van der Waals surface area contributed by atoms with Crippen molar-refractivity contribution in [1.82, 2.24) is 15.2 Å². The number of amides is 3. The van der Waals surface area contributed by atoms with E-state index in [1.54, 1.807) is 17.5 Å². The third-order valence-corrected chi connectivity index (χ3v) is 7.19. The van der Waals surface area contributed by atoms with Crippen molar-refractivity contribution in [1.29, 1.82) is 0 Å². The zero-order chi connectivity index (χ0) is 25.8. The van der Waals surface area contributed by atoms with E-state index in [1.165, 1.54) is 0 Å². The summed E-state index contributed by atoms with van der Waals surface area (Å²) in [6.07, 6.45) is 5.89. The number of pyridine rings is 1. The van der Waals surface area contributed by atoms with Crippen molar-refractivity contribution >= 4 is 56.6 Å². The molecule has 0 radical (unpaired) electrons. The molecule has 5 rings (SSSR count). The Kier molecular flexibility index (Phi) is 7.16. The fraction of sp³-hybridized carbons (Fsp3) is 0.179. The standard InChI is InChI=1S/C28H28N6O2S/c1-18-4-2-6-22(14-18)33-28(36)32-21-9-7-19(8-10-21)23-17-37-26-20(15-31-27(29)25(23)26)5-3-12-34-13-11-30-24(35)16-34/h2-10,14-15,17H,11-13,16H2,1H3,(H2,29,31)(H,30,35)(H2,32,33,36). The van der Waals surface area contributed by atoms with Crippen molar-refractivity contribution in [3.8, 4) is 11.1 Å². The molecule has 0 unspecified atom stereocenters. The first kappa shape index (κ1) is 24.5. The van der Waals surface area contributed by atoms with Gasteiger partial charge in [0.1, 0.15) is 5.82 Å². The fourth-order valence-corrected chi connectivity index (χ4v) is 5.42. The molecule has 0 atom stereocenters. The molecule has 1 saturated heterocycles. The predicted octanol–water partition coefficient (Wildman–Crippen LogP) is 4.94. The number of fused-ring (bicyclic) bond motifs is 1. The number of aryl methyl sites for hydroxylation is 1. The first-order chi connectivity index (χ1) is 18.0. The van der Waals surface area contributed by atoms with Crippen LogP contribution in [0.4, 0.5) is 22.0 Å². The van der Waals surface area contributed by atoms with Crippen LogP contribution in [0.1, 0.15) is 11.1 Å². The maximum atomic E-state index is 12.4. The van der Waals surface area contributed by atoms with Gasteiger partial charge in [0.05, 0.1) is 6.54 Å². The van der Waals surface area contributed by atoms with Crippen LogP contribution in [0.2, 0.25) is 0 Å². The van der Waals surface area contributed by atoms with Gasteiger partial charge in [0.15, 0.2) is 0 Å². The van der Waals surface area contributed by atoms with Gasteiger partial charge in [-0.25, -0.2) is 9.78 Å². The molecule has 1 aliphatic rings. The summed E-state index contributed by atoms with van der Waals surface area (Å²) in [7, 11) is 0. The van der Waals surface area contributed by atoms with E-state index in [0.29, 0.717) is 31.1 Å². The zero-order valence-corrected chi connectivity index (χ0v) is 21.3. The molecule has 2 aromatic heterocycles. The smallest absolute Gasteiger partial charge is 0.323 e. The molecule has 0 spiro atoms. The molecule has 4 aromatic rings. The Hall–Kier alpha value is -4.21. The average Bonchev–Trinajstić information content (AvgIpc) is 3.32. The number of nitrogens with one attached hydrogen (secondary N) is 3. The quantitative estimate of drug-likeness (QED) is 0.292. The highest BCUT2D eigenvalue weighted by Gasteiger charge is 2.15. The second kappa shape index (κ2) is 10.8. The van der Waals surface area contributed by atoms with Gasteiger partial charge in [-0.2, -0.15) is 0 Å². The third-order valence-electron chi connectivity index (χ3n) is 6.16. The van der Waals surface area contributed by atoms with E-state index < -0.39 is 0 Å². The highest BCUT2D eigenvalue weighted by Crippen LogP contribution is 2.39. The van der Waals surface area contributed by atoms with Crippen LogP contribution in [0, 0.1) is 6.92 Å². The number of piperazine rings is 1. The summed E-state index contributed by atoms with van der Waals surface area (Å²) in [6.45, 7) is 4.62. The van der Waals surface area contributed by atoms with Crippen molar-refractivity contribution in [2.24, 2.45) is 0 Å². The van der Waals surface area contributed by atoms with Gasteiger partial charge >= 0.3 is 6.03 Å². The SMILES string of the molecule is Cc1cccc(NC(=O)Nc2ccc(-c3csc4c(C=CCN5CCNC(=O)C5)cnc(N)c34)cc2)c1. The summed E-state index contributed by atoms with van der Waals surface area (Å²) in [5.74, 6) is 0.544. The number of nitrogens with two attached hydrogens (primary N) is 1. The molecule has 5 N–H and O–H groups in total. The highest BCUT2D eigenvalue weighted by molar-refractivity contribution is 7.18. The van der Waals surface area contributed by atoms with E-state index in [0.717, 1.165) is 44.6 Å². The lowest BCUT2D eigenvalue weighted by molar-refractivity contribution is -0.123. The topological polar surface area (TPSA) is 112 Å². The van der Waals surface area contributed by atoms with E-state index in [9.17, 15) is 9.59 Å². The van der Waals surface area contributed by atoms with Crippen LogP contribution >= 0.6 is 11.3 Å². The molecule has 1 fully saturated rings. The molecule has 0 bridgehead atoms. The molecule has 8 nitrogen and oxygen atoms in total. The lowest BCUT2D eigenvalue weighted by Gasteiger charge is -2.24. The summed E-state index contributed by atoms with van der Waals surface area (Å²) < 4.78 is 1.06. The minimum atomic E-state index is -0.297. The zero-order valence-electron chi connectivity index (χ0n) is 20.5. The van der Waals surface area contributed by atoms with E-state index in [2.05, 4.69) is 37.3 Å². The van der Waals surface area contributed by atoms with Gasteiger partial charge in [-0.05, 0) is 47.7 Å². The molecule has 37 heavy (non-hydrogen) atoms. The Morgan fingerprint density at radius 2 is 2.00 bits per heavy atom. The molecule has 0 aliphatic carbocycles. The van der Waals surface area contributed by atoms with Gasteiger partial charge in [-0.15, -0.1) is 11.3 Å². The molecule has 9 heteroatoms. The van der Waals surface area contributed by atoms with Crippen LogP contribution in [0.15, 0.2) is 66.2 Å². The first-order valence-corrected chi connectivity index (χ1v) is 12.9. The van der Waals surface area contributed by atoms with Crippen molar-refractivity contribution in [2.45, 2.75) is 6.92 Å². The van der Waals surface area contributed by atoms with Crippen molar-refractivity contribution in [3.63, 3.8) is 0 Å². The molecule has 0 saturated carbocycles. The number of nitrogen functional groups attached to an aromatic ring is 1. The Morgan fingerprint density at radius 1 is 1.19 bits per heavy atom. The molecule has 3 amide bonds. The predicted molar refractivity (Wildman–Crippen MR) is 152 cm³/mol. The van der Waals surface area contributed by atoms with Gasteiger partial charge in [0.2, 0.25) is 5.91 Å². The van der Waals surface area contributed by atoms with E-state index >= 15 is 0 Å². The van der Waals surface area contributed by atoms with Crippen LogP contribution in [0.5, 0.6) is 0 Å². The molecule has 1 aliphatic heterocycles. The van der Waals surface area contributed by atoms with E-state index in [-0.39, 0.29) is 11.9 Å². The van der Waals surface area contributed by atoms with Crippen LogP contribution in [0.25, 0.3) is 27.3 Å².